The van der Waals surface area contributed by atoms with E-state index in [0.717, 1.165) is 32.1 Å². The second kappa shape index (κ2) is 8.12. The first-order valence-corrected chi connectivity index (χ1v) is 7.77. The number of hydrogen-bond donors (Lipinski definition) is 2. The number of urea groups is 1. The summed E-state index contributed by atoms with van der Waals surface area (Å²) in [4.78, 5) is 25.1. The number of aliphatic carboxylic acids is 1. The highest BCUT2D eigenvalue weighted by Gasteiger charge is 2.37. The Morgan fingerprint density at radius 2 is 2.10 bits per heavy atom. The molecule has 0 aliphatic carbocycles. The molecule has 0 aromatic heterocycles. The van der Waals surface area contributed by atoms with Crippen LogP contribution in [0.15, 0.2) is 0 Å². The van der Waals surface area contributed by atoms with Crippen LogP contribution in [0.3, 0.4) is 0 Å². The Morgan fingerprint density at radius 3 is 2.70 bits per heavy atom. The number of likely N-dealkylation sites (tertiary alicyclic amines) is 1. The van der Waals surface area contributed by atoms with Gasteiger partial charge in [0, 0.05) is 12.6 Å². The molecule has 0 aromatic carbocycles. The molecular formula is C15H28N2O3. The van der Waals surface area contributed by atoms with Crippen LogP contribution in [0.4, 0.5) is 4.79 Å². The summed E-state index contributed by atoms with van der Waals surface area (Å²) < 4.78 is 0. The number of carboxylic acid groups (broad SMARTS) is 1. The highest BCUT2D eigenvalue weighted by molar-refractivity contribution is 5.83. The van der Waals surface area contributed by atoms with E-state index in [1.165, 1.54) is 11.3 Å². The monoisotopic (exact) mass is 284 g/mol. The molecule has 2 N–H and O–H groups in total. The van der Waals surface area contributed by atoms with Crippen molar-refractivity contribution in [3.05, 3.63) is 0 Å². The summed E-state index contributed by atoms with van der Waals surface area (Å²) in [6, 6.07) is -0.819. The normalized spacial score (nSPS) is 24.2. The minimum atomic E-state index is -0.897. The molecule has 116 valence electrons. The smallest absolute Gasteiger partial charge is 0.326 e. The average Bonchev–Trinajstić information content (AvgIpc) is 2.38. The maximum atomic E-state index is 12.3. The van der Waals surface area contributed by atoms with Gasteiger partial charge < -0.3 is 15.3 Å². The van der Waals surface area contributed by atoms with Crippen LogP contribution in [0, 0.1) is 5.92 Å². The zero-order valence-corrected chi connectivity index (χ0v) is 12.9. The largest absolute Gasteiger partial charge is 0.480 e. The van der Waals surface area contributed by atoms with Gasteiger partial charge in [-0.2, -0.15) is 0 Å². The zero-order valence-electron chi connectivity index (χ0n) is 12.9. The Labute approximate surface area is 121 Å². The molecule has 0 spiro atoms. The number of carbonyl (C=O) groups excluding carboxylic acids is 1. The first-order chi connectivity index (χ1) is 9.47. The molecule has 0 radical (unpaired) electrons. The van der Waals surface area contributed by atoms with E-state index in [1.54, 1.807) is 0 Å². The predicted molar refractivity (Wildman–Crippen MR) is 78.7 cm³/mol. The number of carboxylic acids is 1. The second-order valence-electron chi connectivity index (χ2n) is 5.94. The van der Waals surface area contributed by atoms with Gasteiger partial charge in [-0.05, 0) is 32.1 Å². The van der Waals surface area contributed by atoms with Crippen LogP contribution in [0.1, 0.15) is 59.3 Å². The van der Waals surface area contributed by atoms with Crippen LogP contribution < -0.4 is 5.32 Å². The van der Waals surface area contributed by atoms with Crippen molar-refractivity contribution >= 4 is 12.0 Å². The van der Waals surface area contributed by atoms with Gasteiger partial charge in [-0.15, -0.1) is 0 Å². The number of amides is 2. The second-order valence-corrected chi connectivity index (χ2v) is 5.94. The number of nitrogens with zero attached hydrogens (tertiary/aromatic N) is 1. The number of rotatable bonds is 6. The molecule has 0 aromatic rings. The van der Waals surface area contributed by atoms with Crippen LogP contribution in [0.2, 0.25) is 0 Å². The van der Waals surface area contributed by atoms with Gasteiger partial charge in [0.25, 0.3) is 0 Å². The first-order valence-electron chi connectivity index (χ1n) is 7.77. The maximum absolute atomic E-state index is 12.3. The van der Waals surface area contributed by atoms with Crippen molar-refractivity contribution in [2.45, 2.75) is 71.4 Å². The average molecular weight is 284 g/mol. The van der Waals surface area contributed by atoms with E-state index in [2.05, 4.69) is 12.2 Å². The van der Waals surface area contributed by atoms with E-state index in [1.807, 2.05) is 13.8 Å². The third kappa shape index (κ3) is 4.69. The molecule has 0 saturated carbocycles. The van der Waals surface area contributed by atoms with Crippen molar-refractivity contribution in [1.29, 1.82) is 0 Å². The van der Waals surface area contributed by atoms with Crippen LogP contribution in [0.25, 0.3) is 0 Å². The van der Waals surface area contributed by atoms with E-state index in [0.29, 0.717) is 6.54 Å². The zero-order chi connectivity index (χ0) is 15.1. The molecule has 1 aliphatic heterocycles. The summed E-state index contributed by atoms with van der Waals surface area (Å²) in [6.07, 6.45) is 6.11. The van der Waals surface area contributed by atoms with Gasteiger partial charge in [0.15, 0.2) is 0 Å². The maximum Gasteiger partial charge on any atom is 0.326 e. The molecule has 2 amide bonds. The van der Waals surface area contributed by atoms with Crippen LogP contribution in [0.5, 0.6) is 0 Å². The molecule has 1 fully saturated rings. The van der Waals surface area contributed by atoms with Crippen molar-refractivity contribution in [1.82, 2.24) is 10.2 Å². The molecule has 0 bridgehead atoms. The Morgan fingerprint density at radius 1 is 1.40 bits per heavy atom. The third-order valence-electron chi connectivity index (χ3n) is 4.06. The molecule has 3 unspecified atom stereocenters. The van der Waals surface area contributed by atoms with Crippen molar-refractivity contribution in [3.63, 3.8) is 0 Å². The van der Waals surface area contributed by atoms with Gasteiger partial charge in [0.05, 0.1) is 0 Å². The molecule has 1 saturated heterocycles. The van der Waals surface area contributed by atoms with Crippen molar-refractivity contribution < 1.29 is 14.7 Å². The molecule has 1 rings (SSSR count). The van der Waals surface area contributed by atoms with Gasteiger partial charge in [-0.1, -0.05) is 33.1 Å². The lowest BCUT2D eigenvalue weighted by atomic mass is 9.91. The standard InChI is InChI=1S/C15H28N2O3/c1-4-5-6-9-12(3)16-15(20)17-10-7-8-11(2)13(17)14(18)19/h11-13H,4-10H2,1-3H3,(H,16,20)(H,18,19). The Kier molecular flexibility index (Phi) is 6.82. The van der Waals surface area contributed by atoms with Gasteiger partial charge in [0.1, 0.15) is 6.04 Å². The lowest BCUT2D eigenvalue weighted by molar-refractivity contribution is -0.145. The highest BCUT2D eigenvalue weighted by Crippen LogP contribution is 2.23. The number of piperidine rings is 1. The molecule has 3 atom stereocenters. The number of nitrogens with one attached hydrogen (secondary N) is 1. The third-order valence-corrected chi connectivity index (χ3v) is 4.06. The minimum Gasteiger partial charge on any atom is -0.480 e. The van der Waals surface area contributed by atoms with Crippen molar-refractivity contribution in [2.24, 2.45) is 5.92 Å². The Balaban J connectivity index is 2.53. The molecule has 20 heavy (non-hydrogen) atoms. The van der Waals surface area contributed by atoms with Crippen LogP contribution >= 0.6 is 0 Å². The molecular weight excluding hydrogens is 256 g/mol. The fraction of sp³-hybridized carbons (Fsp3) is 0.867. The summed E-state index contributed by atoms with van der Waals surface area (Å²) in [5, 5.41) is 12.3. The quantitative estimate of drug-likeness (QED) is 0.737. The fourth-order valence-electron chi connectivity index (χ4n) is 2.86. The summed E-state index contributed by atoms with van der Waals surface area (Å²) in [6.45, 7) is 6.57. The topological polar surface area (TPSA) is 69.6 Å². The van der Waals surface area contributed by atoms with Gasteiger partial charge >= 0.3 is 12.0 Å². The first kappa shape index (κ1) is 16.8. The predicted octanol–water partition coefficient (Wildman–Crippen LogP) is 2.85. The van der Waals surface area contributed by atoms with Crippen molar-refractivity contribution in [3.8, 4) is 0 Å². The van der Waals surface area contributed by atoms with Gasteiger partial charge in [-0.25, -0.2) is 9.59 Å². The van der Waals surface area contributed by atoms with E-state index < -0.39 is 12.0 Å². The summed E-state index contributed by atoms with van der Waals surface area (Å²) in [7, 11) is 0. The van der Waals surface area contributed by atoms with Crippen molar-refractivity contribution in [2.75, 3.05) is 6.54 Å². The number of unbranched alkanes of at least 4 members (excludes halogenated alkanes) is 2. The minimum absolute atomic E-state index is 0.0161. The highest BCUT2D eigenvalue weighted by atomic mass is 16.4. The lowest BCUT2D eigenvalue weighted by Gasteiger charge is -2.37. The molecule has 1 heterocycles. The van der Waals surface area contributed by atoms with Crippen LogP contribution in [-0.2, 0) is 4.79 Å². The summed E-state index contributed by atoms with van der Waals surface area (Å²) >= 11 is 0. The molecule has 1 aliphatic rings. The summed E-state index contributed by atoms with van der Waals surface area (Å²) in [5.41, 5.74) is 0. The van der Waals surface area contributed by atoms with E-state index in [4.69, 9.17) is 0 Å². The number of hydrogen-bond acceptors (Lipinski definition) is 2. The van der Waals surface area contributed by atoms with Gasteiger partial charge in [0.2, 0.25) is 0 Å². The molecule has 5 heteroatoms. The Hall–Kier alpha value is -1.26. The van der Waals surface area contributed by atoms with Gasteiger partial charge in [-0.3, -0.25) is 0 Å². The fourth-order valence-corrected chi connectivity index (χ4v) is 2.86. The summed E-state index contributed by atoms with van der Waals surface area (Å²) in [5.74, 6) is -0.881. The van der Waals surface area contributed by atoms with E-state index >= 15 is 0 Å². The lowest BCUT2D eigenvalue weighted by Crippen LogP contribution is -2.56. The molecule has 5 nitrogen and oxygen atoms in total. The van der Waals surface area contributed by atoms with E-state index in [9.17, 15) is 14.7 Å². The number of carbonyl (C=O) groups is 2. The SMILES string of the molecule is CCCCCC(C)NC(=O)N1CCCC(C)C1C(=O)O. The van der Waals surface area contributed by atoms with E-state index in [-0.39, 0.29) is 18.0 Å². The Bertz CT molecular complexity index is 333. The van der Waals surface area contributed by atoms with Crippen LogP contribution in [-0.4, -0.2) is 40.6 Å².